The molecule has 0 bridgehead atoms. The van der Waals surface area contributed by atoms with E-state index in [0.717, 1.165) is 60.8 Å². The minimum absolute atomic E-state index is 0.0885. The Hall–Kier alpha value is -1.54. The molecule has 0 radical (unpaired) electrons. The van der Waals surface area contributed by atoms with E-state index >= 15 is 0 Å². The number of carbonyl (C=O) groups excluding carboxylic acids is 1. The van der Waals surface area contributed by atoms with Gasteiger partial charge in [-0.2, -0.15) is 0 Å². The van der Waals surface area contributed by atoms with Crippen molar-refractivity contribution in [3.63, 3.8) is 0 Å². The zero-order chi connectivity index (χ0) is 23.4. The van der Waals surface area contributed by atoms with Crippen LogP contribution in [0.1, 0.15) is 111 Å². The molecule has 1 aromatic carbocycles. The topological polar surface area (TPSA) is 71.4 Å². The molecule has 0 saturated heterocycles. The van der Waals surface area contributed by atoms with Gasteiger partial charge in [0.05, 0.1) is 5.92 Å². The fourth-order valence-electron chi connectivity index (χ4n) is 5.47. The number of aliphatic carboxylic acids is 1. The smallest absolute Gasteiger partial charge is 0.307 e. The van der Waals surface area contributed by atoms with E-state index in [-0.39, 0.29) is 5.78 Å². The largest absolute Gasteiger partial charge is 0.481 e. The van der Waals surface area contributed by atoms with Gasteiger partial charge in [-0.25, -0.2) is 0 Å². The molecule has 31 heavy (non-hydrogen) atoms. The standard InChI is InChI=1S/C26H40O3.HOP/c1-5-6-7-8-9-11-14-22(25(28)29)26(15-12-10-13-16-26)24(27)23-20(3)17-19(2)18-21(23)4;1-2/h17-18,22H,5-16H2,1-4H3,(H,28,29);2H. The molecular formula is C26H41O4P. The fraction of sp³-hybridized carbons (Fsp3) is 0.692. The number of ketones is 1. The maximum atomic E-state index is 13.9. The van der Waals surface area contributed by atoms with Crippen LogP contribution in [0.5, 0.6) is 0 Å². The average molecular weight is 449 g/mol. The number of rotatable bonds is 11. The van der Waals surface area contributed by atoms with Crippen molar-refractivity contribution in [2.75, 3.05) is 0 Å². The highest BCUT2D eigenvalue weighted by Gasteiger charge is 2.49. The maximum Gasteiger partial charge on any atom is 0.307 e. The van der Waals surface area contributed by atoms with Gasteiger partial charge in [-0.3, -0.25) is 14.2 Å². The molecule has 1 fully saturated rings. The van der Waals surface area contributed by atoms with E-state index < -0.39 is 17.3 Å². The number of carboxylic acids is 1. The van der Waals surface area contributed by atoms with Crippen LogP contribution in [-0.2, 0) is 9.36 Å². The Morgan fingerprint density at radius 2 is 1.45 bits per heavy atom. The molecule has 5 heteroatoms. The number of benzene rings is 1. The van der Waals surface area contributed by atoms with Gasteiger partial charge < -0.3 is 5.11 Å². The first kappa shape index (κ1) is 27.5. The molecule has 174 valence electrons. The molecule has 0 aliphatic heterocycles. The van der Waals surface area contributed by atoms with Crippen LogP contribution in [0.4, 0.5) is 0 Å². The van der Waals surface area contributed by atoms with Crippen LogP contribution in [0.25, 0.3) is 0 Å². The van der Waals surface area contributed by atoms with Crippen molar-refractivity contribution >= 4 is 20.9 Å². The van der Waals surface area contributed by atoms with Crippen molar-refractivity contribution in [3.05, 3.63) is 34.4 Å². The Morgan fingerprint density at radius 1 is 0.935 bits per heavy atom. The van der Waals surface area contributed by atoms with Gasteiger partial charge in [0.1, 0.15) is 9.12 Å². The van der Waals surface area contributed by atoms with Crippen LogP contribution >= 0.6 is 9.12 Å². The van der Waals surface area contributed by atoms with Crippen LogP contribution < -0.4 is 0 Å². The lowest BCUT2D eigenvalue weighted by Crippen LogP contribution is -2.44. The van der Waals surface area contributed by atoms with Gasteiger partial charge in [0, 0.05) is 11.0 Å². The molecule has 1 saturated carbocycles. The van der Waals surface area contributed by atoms with Gasteiger partial charge in [-0.1, -0.05) is 82.4 Å². The third-order valence-corrected chi connectivity index (χ3v) is 6.91. The second-order valence-electron chi connectivity index (χ2n) is 9.27. The van der Waals surface area contributed by atoms with Crippen molar-refractivity contribution in [1.29, 1.82) is 0 Å². The van der Waals surface area contributed by atoms with Crippen LogP contribution in [-0.4, -0.2) is 16.9 Å². The number of unbranched alkanes of at least 4 members (excludes halogenated alkanes) is 5. The van der Waals surface area contributed by atoms with E-state index in [0.29, 0.717) is 19.3 Å². The molecule has 1 aliphatic rings. The highest BCUT2D eigenvalue weighted by molar-refractivity contribution is 7.00. The lowest BCUT2D eigenvalue weighted by molar-refractivity contribution is -0.146. The predicted molar refractivity (Wildman–Crippen MR) is 129 cm³/mol. The summed E-state index contributed by atoms with van der Waals surface area (Å²) < 4.78 is 8.06. The van der Waals surface area contributed by atoms with Gasteiger partial charge in [-0.15, -0.1) is 0 Å². The molecule has 1 N–H and O–H groups in total. The summed E-state index contributed by atoms with van der Waals surface area (Å²) in [5, 5.41) is 10.2. The van der Waals surface area contributed by atoms with E-state index in [2.05, 4.69) is 19.1 Å². The normalized spacial score (nSPS) is 16.1. The second kappa shape index (κ2) is 13.8. The highest BCUT2D eigenvalue weighted by atomic mass is 31.0. The molecule has 0 aromatic heterocycles. The number of carbonyl (C=O) groups is 2. The molecule has 2 rings (SSSR count). The van der Waals surface area contributed by atoms with E-state index in [1.807, 2.05) is 20.8 Å². The van der Waals surface area contributed by atoms with Gasteiger partial charge in [0.15, 0.2) is 5.78 Å². The lowest BCUT2D eigenvalue weighted by atomic mass is 9.60. The maximum absolute atomic E-state index is 13.9. The molecular weight excluding hydrogens is 407 g/mol. The van der Waals surface area contributed by atoms with Crippen LogP contribution in [0.3, 0.4) is 0 Å². The fourth-order valence-corrected chi connectivity index (χ4v) is 5.47. The first-order valence-electron chi connectivity index (χ1n) is 11.9. The second-order valence-corrected chi connectivity index (χ2v) is 9.27. The summed E-state index contributed by atoms with van der Waals surface area (Å²) in [5.41, 5.74) is 3.16. The molecule has 1 atom stereocenters. The number of carboxylic acid groups (broad SMARTS) is 1. The van der Waals surface area contributed by atoms with Crippen molar-refractivity contribution < 1.29 is 19.3 Å². The van der Waals surface area contributed by atoms with Gasteiger partial charge in [-0.05, 0) is 51.2 Å². The zero-order valence-electron chi connectivity index (χ0n) is 19.9. The van der Waals surface area contributed by atoms with E-state index in [9.17, 15) is 14.7 Å². The highest BCUT2D eigenvalue weighted by Crippen LogP contribution is 2.48. The number of hydrogen-bond donors (Lipinski definition) is 1. The number of hydrogen-bond acceptors (Lipinski definition) is 3. The molecule has 1 unspecified atom stereocenters. The minimum atomic E-state index is -0.781. The molecule has 0 spiro atoms. The Labute approximate surface area is 190 Å². The average Bonchev–Trinajstić information content (AvgIpc) is 2.74. The Bertz CT molecular complexity index is 699. The zero-order valence-corrected chi connectivity index (χ0v) is 20.9. The third kappa shape index (κ3) is 7.24. The molecule has 0 heterocycles. The van der Waals surface area contributed by atoms with Crippen LogP contribution in [0.2, 0.25) is 0 Å². The Morgan fingerprint density at radius 3 is 1.97 bits per heavy atom. The van der Waals surface area contributed by atoms with Crippen LogP contribution in [0, 0.1) is 32.1 Å². The van der Waals surface area contributed by atoms with E-state index in [1.54, 1.807) is 9.12 Å². The Kier molecular flexibility index (Phi) is 12.2. The number of Topliss-reactive ketones (excluding diaryl/α,β-unsaturated/α-hetero) is 1. The summed E-state index contributed by atoms with van der Waals surface area (Å²) in [7, 11) is 1.72. The van der Waals surface area contributed by atoms with E-state index in [4.69, 9.17) is 4.57 Å². The van der Waals surface area contributed by atoms with Crippen molar-refractivity contribution in [2.45, 2.75) is 105 Å². The first-order chi connectivity index (χ1) is 14.8. The molecule has 4 nitrogen and oxygen atoms in total. The summed E-state index contributed by atoms with van der Waals surface area (Å²) in [4.78, 5) is 26.3. The summed E-state index contributed by atoms with van der Waals surface area (Å²) in [6, 6.07) is 4.11. The summed E-state index contributed by atoms with van der Waals surface area (Å²) in [5.74, 6) is -1.26. The van der Waals surface area contributed by atoms with E-state index in [1.165, 1.54) is 19.3 Å². The van der Waals surface area contributed by atoms with Crippen molar-refractivity contribution in [1.82, 2.24) is 0 Å². The van der Waals surface area contributed by atoms with Gasteiger partial charge in [0.2, 0.25) is 0 Å². The summed E-state index contributed by atoms with van der Waals surface area (Å²) >= 11 is 0. The summed E-state index contributed by atoms with van der Waals surface area (Å²) in [6.45, 7) is 8.23. The monoisotopic (exact) mass is 448 g/mol. The Balaban J connectivity index is 0.00000233. The SMILES string of the molecule is CCCCCCCCC(C(=O)O)C1(C(=O)c2c(C)cc(C)cc2C)CCCCC1.O=P. The van der Waals surface area contributed by atoms with Gasteiger partial charge >= 0.3 is 5.97 Å². The van der Waals surface area contributed by atoms with Crippen molar-refractivity contribution in [2.24, 2.45) is 11.3 Å². The summed E-state index contributed by atoms with van der Waals surface area (Å²) in [6.07, 6.45) is 11.9. The quantitative estimate of drug-likeness (QED) is 0.214. The third-order valence-electron chi connectivity index (χ3n) is 6.91. The van der Waals surface area contributed by atoms with Crippen LogP contribution in [0.15, 0.2) is 12.1 Å². The number of aryl methyl sites for hydroxylation is 3. The minimum Gasteiger partial charge on any atom is -0.481 e. The van der Waals surface area contributed by atoms with Crippen molar-refractivity contribution in [3.8, 4) is 0 Å². The lowest BCUT2D eigenvalue weighted by Gasteiger charge is -2.41. The molecule has 1 aromatic rings. The predicted octanol–water partition coefficient (Wildman–Crippen LogP) is 7.67. The molecule has 1 aliphatic carbocycles. The first-order valence-corrected chi connectivity index (χ1v) is 12.3. The molecule has 0 amide bonds. The van der Waals surface area contributed by atoms with Gasteiger partial charge in [0.25, 0.3) is 0 Å².